The Morgan fingerprint density at radius 1 is 0.638 bits per heavy atom. The van der Waals surface area contributed by atoms with E-state index in [2.05, 4.69) is 172 Å². The Balaban J connectivity index is 1.53. The number of nitriles is 1. The Bertz CT molecular complexity index is 2290. The lowest BCUT2D eigenvalue weighted by molar-refractivity contribution is -0.633. The van der Waals surface area contributed by atoms with Crippen LogP contribution in [0.25, 0.3) is 61.1 Å². The largest absolute Gasteiger partial charge is 0.295 e. The highest BCUT2D eigenvalue weighted by molar-refractivity contribution is 5.92. The minimum Gasteiger partial charge on any atom is -0.225 e. The maximum atomic E-state index is 9.99. The molecule has 0 fully saturated rings. The van der Waals surface area contributed by atoms with Crippen LogP contribution in [-0.4, -0.2) is 4.57 Å². The van der Waals surface area contributed by atoms with Gasteiger partial charge >= 0.3 is 0 Å². The summed E-state index contributed by atoms with van der Waals surface area (Å²) in [5.41, 5.74) is 13.9. The van der Waals surface area contributed by atoms with Crippen LogP contribution in [0.1, 0.15) is 61.8 Å². The summed E-state index contributed by atoms with van der Waals surface area (Å²) in [6.07, 6.45) is 0. The molecule has 1 aromatic heterocycles. The average Bonchev–Trinajstić information content (AvgIpc) is 3.38. The van der Waals surface area contributed by atoms with Crippen LogP contribution in [0.5, 0.6) is 0 Å². The van der Waals surface area contributed by atoms with Crippen molar-refractivity contribution in [2.75, 3.05) is 0 Å². The molecular formula is C44H40N3+. The summed E-state index contributed by atoms with van der Waals surface area (Å²) < 4.78 is 4.75. The summed E-state index contributed by atoms with van der Waals surface area (Å²) in [4.78, 5) is 0. The van der Waals surface area contributed by atoms with E-state index in [0.717, 1.165) is 16.9 Å². The fraction of sp³-hybridized carbons (Fsp3) is 0.182. The fourth-order valence-electron chi connectivity index (χ4n) is 7.10. The van der Waals surface area contributed by atoms with Crippen molar-refractivity contribution in [2.24, 2.45) is 7.05 Å². The Labute approximate surface area is 278 Å². The van der Waals surface area contributed by atoms with Gasteiger partial charge in [0.2, 0.25) is 0 Å². The third-order valence-corrected chi connectivity index (χ3v) is 9.64. The van der Waals surface area contributed by atoms with Gasteiger partial charge in [0.1, 0.15) is 5.69 Å². The highest BCUT2D eigenvalue weighted by Crippen LogP contribution is 2.41. The molecule has 0 N–H and O–H groups in total. The van der Waals surface area contributed by atoms with Crippen molar-refractivity contribution in [1.29, 1.82) is 5.26 Å². The molecule has 0 saturated heterocycles. The number of fused-ring (bicyclic) bond motifs is 2. The minimum absolute atomic E-state index is 0.262. The van der Waals surface area contributed by atoms with E-state index in [1.54, 1.807) is 0 Å². The van der Waals surface area contributed by atoms with Gasteiger partial charge in [-0.1, -0.05) is 113 Å². The molecule has 0 unspecified atom stereocenters. The van der Waals surface area contributed by atoms with E-state index in [4.69, 9.17) is 0 Å². The molecule has 1 heterocycles. The van der Waals surface area contributed by atoms with Crippen molar-refractivity contribution in [1.82, 2.24) is 4.57 Å². The van der Waals surface area contributed by atoms with E-state index in [9.17, 15) is 5.26 Å². The zero-order chi connectivity index (χ0) is 32.8. The molecule has 0 aliphatic carbocycles. The van der Waals surface area contributed by atoms with E-state index >= 15 is 0 Å². The fourth-order valence-corrected chi connectivity index (χ4v) is 7.10. The van der Waals surface area contributed by atoms with Gasteiger partial charge in [-0.2, -0.15) is 9.83 Å². The third-order valence-electron chi connectivity index (χ3n) is 9.64. The third kappa shape index (κ3) is 5.21. The summed E-state index contributed by atoms with van der Waals surface area (Å²) in [5, 5.41) is 12.5. The van der Waals surface area contributed by atoms with Gasteiger partial charge in [-0.15, -0.1) is 0 Å². The lowest BCUT2D eigenvalue weighted by Crippen LogP contribution is -2.30. The quantitative estimate of drug-likeness (QED) is 0.172. The first-order valence-electron chi connectivity index (χ1n) is 16.5. The monoisotopic (exact) mass is 610 g/mol. The second-order valence-electron chi connectivity index (χ2n) is 13.2. The normalized spacial score (nSPS) is 11.6. The molecular weight excluding hydrogens is 571 g/mol. The second kappa shape index (κ2) is 12.0. The van der Waals surface area contributed by atoms with Gasteiger partial charge in [0.05, 0.1) is 24.2 Å². The number of benzene rings is 6. The van der Waals surface area contributed by atoms with Gasteiger partial charge in [0.25, 0.3) is 5.82 Å². The van der Waals surface area contributed by atoms with E-state index in [-0.39, 0.29) is 11.8 Å². The molecule has 7 rings (SSSR count). The van der Waals surface area contributed by atoms with E-state index in [1.807, 2.05) is 6.07 Å². The molecule has 0 amide bonds. The molecule has 0 bridgehead atoms. The van der Waals surface area contributed by atoms with Crippen LogP contribution in [-0.2, 0) is 7.05 Å². The molecule has 6 aromatic carbocycles. The Hall–Kier alpha value is -5.46. The summed E-state index contributed by atoms with van der Waals surface area (Å²) >= 11 is 0. The number of aryl methyl sites for hydroxylation is 2. The molecule has 0 atom stereocenters. The van der Waals surface area contributed by atoms with Gasteiger partial charge < -0.3 is 0 Å². The topological polar surface area (TPSA) is 32.6 Å². The van der Waals surface area contributed by atoms with Crippen molar-refractivity contribution in [2.45, 2.75) is 46.5 Å². The van der Waals surface area contributed by atoms with E-state index in [0.29, 0.717) is 5.56 Å². The van der Waals surface area contributed by atoms with Gasteiger partial charge in [-0.3, -0.25) is 0 Å². The molecule has 47 heavy (non-hydrogen) atoms. The standard InChI is InChI=1S/C44H40N3/c1-28(2)39-25-36(34-19-17-33(18-20-34)32-12-8-7-9-13-32)26-40(29(3)4)43(39)47-42-24-31(27-45)16-23-41(42)46(6)44(47)38-22-21-35-14-10-11-15-37(35)30(38)5/h7-26,28-29H,1-6H3/q+1. The number of imidazole rings is 1. The van der Waals surface area contributed by atoms with Gasteiger partial charge in [-0.05, 0) is 87.7 Å². The van der Waals surface area contributed by atoms with Crippen LogP contribution < -0.4 is 4.57 Å². The number of aromatic nitrogens is 2. The van der Waals surface area contributed by atoms with Gasteiger partial charge in [0.15, 0.2) is 11.0 Å². The van der Waals surface area contributed by atoms with Crippen LogP contribution >= 0.6 is 0 Å². The lowest BCUT2D eigenvalue weighted by Gasteiger charge is -2.21. The molecule has 0 saturated carbocycles. The molecule has 0 spiro atoms. The first-order chi connectivity index (χ1) is 22.8. The smallest absolute Gasteiger partial charge is 0.225 e. The number of hydrogen-bond donors (Lipinski definition) is 0. The first kappa shape index (κ1) is 30.2. The molecule has 0 aliphatic rings. The molecule has 230 valence electrons. The van der Waals surface area contributed by atoms with Crippen molar-refractivity contribution in [3.05, 3.63) is 144 Å². The van der Waals surface area contributed by atoms with Crippen molar-refractivity contribution < 1.29 is 4.57 Å². The number of nitrogens with zero attached hydrogens (tertiary/aromatic N) is 3. The molecule has 0 aliphatic heterocycles. The van der Waals surface area contributed by atoms with Crippen LogP contribution in [0, 0.1) is 18.3 Å². The summed E-state index contributed by atoms with van der Waals surface area (Å²) in [7, 11) is 2.15. The lowest BCUT2D eigenvalue weighted by atomic mass is 9.87. The zero-order valence-corrected chi connectivity index (χ0v) is 28.0. The Kier molecular flexibility index (Phi) is 7.74. The second-order valence-corrected chi connectivity index (χ2v) is 13.2. The average molecular weight is 611 g/mol. The van der Waals surface area contributed by atoms with Crippen LogP contribution in [0.3, 0.4) is 0 Å². The van der Waals surface area contributed by atoms with Crippen LogP contribution in [0.4, 0.5) is 0 Å². The summed E-state index contributed by atoms with van der Waals surface area (Å²) in [5.74, 6) is 1.64. The molecule has 3 heteroatoms. The first-order valence-corrected chi connectivity index (χ1v) is 16.5. The molecule has 3 nitrogen and oxygen atoms in total. The Morgan fingerprint density at radius 3 is 1.87 bits per heavy atom. The minimum atomic E-state index is 0.262. The van der Waals surface area contributed by atoms with Crippen molar-refractivity contribution in [3.63, 3.8) is 0 Å². The van der Waals surface area contributed by atoms with Crippen molar-refractivity contribution >= 4 is 21.8 Å². The highest BCUT2D eigenvalue weighted by Gasteiger charge is 2.32. The SMILES string of the molecule is Cc1c(-c2n(-c3c(C(C)C)cc(-c4ccc(-c5ccccc5)cc4)cc3C(C)C)c3cc(C#N)ccc3[n+]2C)ccc2ccccc12. The predicted octanol–water partition coefficient (Wildman–Crippen LogP) is 11.0. The van der Waals surface area contributed by atoms with E-state index in [1.165, 1.54) is 61.0 Å². The highest BCUT2D eigenvalue weighted by atomic mass is 15.2. The summed E-state index contributed by atoms with van der Waals surface area (Å²) in [6, 6.07) is 45.9. The van der Waals surface area contributed by atoms with E-state index < -0.39 is 0 Å². The molecule has 0 radical (unpaired) electrons. The predicted molar refractivity (Wildman–Crippen MR) is 196 cm³/mol. The number of hydrogen-bond acceptors (Lipinski definition) is 1. The Morgan fingerprint density at radius 2 is 1.23 bits per heavy atom. The number of rotatable bonds is 6. The maximum absolute atomic E-state index is 9.99. The zero-order valence-electron chi connectivity index (χ0n) is 28.0. The molecule has 7 aromatic rings. The van der Waals surface area contributed by atoms with Gasteiger partial charge in [0, 0.05) is 17.2 Å². The summed E-state index contributed by atoms with van der Waals surface area (Å²) in [6.45, 7) is 11.4. The maximum Gasteiger partial charge on any atom is 0.295 e. The van der Waals surface area contributed by atoms with Crippen molar-refractivity contribution in [3.8, 4) is 45.4 Å². The van der Waals surface area contributed by atoms with Crippen LogP contribution in [0.2, 0.25) is 0 Å². The van der Waals surface area contributed by atoms with Crippen LogP contribution in [0.15, 0.2) is 121 Å². The van der Waals surface area contributed by atoms with Gasteiger partial charge in [-0.25, -0.2) is 4.57 Å².